The molecule has 0 N–H and O–H groups in total. The minimum absolute atomic E-state index is 0.0629. The Labute approximate surface area is 333 Å². The number of hydrogen-bond donors (Lipinski definition) is 0. The molecule has 0 amide bonds. The van der Waals surface area contributed by atoms with Gasteiger partial charge >= 0.3 is 0 Å². The van der Waals surface area contributed by atoms with Crippen LogP contribution < -0.4 is 0 Å². The van der Waals surface area contributed by atoms with Gasteiger partial charge in [-0.15, -0.1) is 0 Å². The second kappa shape index (κ2) is 11.8. The molecule has 0 saturated heterocycles. The van der Waals surface area contributed by atoms with Gasteiger partial charge < -0.3 is 8.82 Å². The van der Waals surface area contributed by atoms with Crippen molar-refractivity contribution in [2.75, 3.05) is 0 Å². The van der Waals surface area contributed by atoms with Crippen LogP contribution in [0.5, 0.6) is 0 Å². The number of benzene rings is 8. The van der Waals surface area contributed by atoms with Crippen molar-refractivity contribution < 1.29 is 4.42 Å². The molecule has 0 aliphatic carbocycles. The van der Waals surface area contributed by atoms with E-state index >= 15 is 0 Å². The average molecular weight is 742 g/mol. The van der Waals surface area contributed by atoms with Gasteiger partial charge in [0.25, 0.3) is 0 Å². The van der Waals surface area contributed by atoms with Gasteiger partial charge in [0.1, 0.15) is 17.1 Å². The number of aromatic nitrogens is 2. The highest BCUT2D eigenvalue weighted by molar-refractivity contribution is 6.36. The third-order valence-corrected chi connectivity index (χ3v) is 12.7. The summed E-state index contributed by atoms with van der Waals surface area (Å²) in [5.74, 6) is 1.81. The molecule has 1 atom stereocenters. The van der Waals surface area contributed by atoms with Crippen molar-refractivity contribution in [2.24, 2.45) is 4.99 Å². The molecule has 4 nitrogen and oxygen atoms in total. The van der Waals surface area contributed by atoms with Gasteiger partial charge in [-0.25, -0.2) is 4.99 Å². The van der Waals surface area contributed by atoms with Crippen molar-refractivity contribution in [1.29, 1.82) is 0 Å². The Kier molecular flexibility index (Phi) is 6.45. The summed E-state index contributed by atoms with van der Waals surface area (Å²) in [6, 6.07) is 61.6. The largest absolute Gasteiger partial charge is 0.454 e. The third kappa shape index (κ3) is 4.26. The molecule has 0 saturated carbocycles. The Morgan fingerprint density at radius 1 is 0.517 bits per heavy atom. The van der Waals surface area contributed by atoms with E-state index in [1.54, 1.807) is 0 Å². The lowest BCUT2D eigenvalue weighted by Gasteiger charge is -2.13. The molecule has 4 aromatic heterocycles. The van der Waals surface area contributed by atoms with Crippen molar-refractivity contribution >= 4 is 93.2 Å². The van der Waals surface area contributed by atoms with E-state index in [4.69, 9.17) is 9.41 Å². The van der Waals surface area contributed by atoms with Gasteiger partial charge in [0.05, 0.1) is 27.6 Å². The molecule has 13 rings (SSSR count). The summed E-state index contributed by atoms with van der Waals surface area (Å²) in [6.45, 7) is 2.28. The highest BCUT2D eigenvalue weighted by Gasteiger charge is 2.31. The number of aliphatic imine (C=N–C) groups is 1. The Hall–Kier alpha value is -7.43. The lowest BCUT2D eigenvalue weighted by atomic mass is 9.91. The fourth-order valence-corrected chi connectivity index (χ4v) is 10.1. The van der Waals surface area contributed by atoms with Gasteiger partial charge in [-0.3, -0.25) is 4.57 Å². The Morgan fingerprint density at radius 3 is 1.95 bits per heavy atom. The number of hydrogen-bond acceptors (Lipinski definition) is 2. The van der Waals surface area contributed by atoms with E-state index in [1.165, 1.54) is 76.3 Å². The summed E-state index contributed by atoms with van der Waals surface area (Å²) >= 11 is 0. The van der Waals surface area contributed by atoms with Gasteiger partial charge in [-0.05, 0) is 70.8 Å². The third-order valence-electron chi connectivity index (χ3n) is 12.7. The molecule has 4 heteroatoms. The van der Waals surface area contributed by atoms with Crippen LogP contribution in [0.15, 0.2) is 185 Å². The SMILES string of the molecule is CCC1C=C(n2c3cc4ccccc4cc3c3c4c5ccccc5n5c6ccccc6c(cc32)c45)N=C(c2ccc(-c3ccccc3)cc2)c2oc3ccccc3c21. The number of allylic oxidation sites excluding steroid dienone is 1. The van der Waals surface area contributed by atoms with Gasteiger partial charge in [-0.1, -0.05) is 140 Å². The van der Waals surface area contributed by atoms with Crippen LogP contribution in [0.2, 0.25) is 0 Å². The number of furan rings is 1. The topological polar surface area (TPSA) is 34.8 Å². The first-order valence-electron chi connectivity index (χ1n) is 20.2. The molecule has 8 aromatic carbocycles. The van der Waals surface area contributed by atoms with Crippen molar-refractivity contribution in [3.63, 3.8) is 0 Å². The standard InChI is InChI=1S/C54H35N3O/c1-2-32-30-48(55-52(54-49(32)40-20-10-13-23-47(40)58-54)35-26-24-34(25-27-35)33-14-4-3-5-15-33)56-45-29-37-17-7-6-16-36(37)28-42(45)50-46(56)31-41-38-18-8-11-21-43(38)57-44-22-12-9-19-39(44)51(50)53(41)57/h3-32H,2H2,1H3. The van der Waals surface area contributed by atoms with E-state index in [9.17, 15) is 0 Å². The molecular formula is C54H35N3O. The maximum atomic E-state index is 6.88. The zero-order chi connectivity index (χ0) is 38.1. The first kappa shape index (κ1) is 31.7. The Bertz CT molecular complexity index is 3710. The van der Waals surface area contributed by atoms with Crippen LogP contribution in [0.25, 0.3) is 98.6 Å². The summed E-state index contributed by atoms with van der Waals surface area (Å²) in [5, 5.41) is 11.1. The lowest BCUT2D eigenvalue weighted by Crippen LogP contribution is -2.06. The molecule has 0 radical (unpaired) electrons. The molecule has 5 heterocycles. The minimum atomic E-state index is 0.0629. The molecule has 1 aliphatic heterocycles. The molecule has 58 heavy (non-hydrogen) atoms. The molecule has 0 bridgehead atoms. The maximum absolute atomic E-state index is 6.88. The van der Waals surface area contributed by atoms with Crippen LogP contribution >= 0.6 is 0 Å². The fraction of sp³-hybridized carbons (Fsp3) is 0.0556. The quantitative estimate of drug-likeness (QED) is 0.177. The zero-order valence-electron chi connectivity index (χ0n) is 31.8. The van der Waals surface area contributed by atoms with E-state index in [0.717, 1.165) is 51.3 Å². The summed E-state index contributed by atoms with van der Waals surface area (Å²) in [7, 11) is 0. The van der Waals surface area contributed by atoms with Crippen molar-refractivity contribution in [3.8, 4) is 11.1 Å². The fourth-order valence-electron chi connectivity index (χ4n) is 10.1. The van der Waals surface area contributed by atoms with E-state index < -0.39 is 0 Å². The van der Waals surface area contributed by atoms with Crippen molar-refractivity contribution in [1.82, 2.24) is 8.97 Å². The summed E-state index contributed by atoms with van der Waals surface area (Å²) in [5.41, 5.74) is 12.3. The molecule has 272 valence electrons. The Balaban J connectivity index is 1.18. The van der Waals surface area contributed by atoms with Crippen molar-refractivity contribution in [2.45, 2.75) is 19.3 Å². The summed E-state index contributed by atoms with van der Waals surface area (Å²) in [6.07, 6.45) is 3.30. The summed E-state index contributed by atoms with van der Waals surface area (Å²) < 4.78 is 11.8. The van der Waals surface area contributed by atoms with Gasteiger partial charge in [0, 0.05) is 54.7 Å². The van der Waals surface area contributed by atoms with E-state index in [2.05, 4.69) is 192 Å². The predicted octanol–water partition coefficient (Wildman–Crippen LogP) is 14.4. The molecule has 0 spiro atoms. The normalized spacial score (nSPS) is 14.7. The monoisotopic (exact) mass is 741 g/mol. The second-order valence-electron chi connectivity index (χ2n) is 15.7. The first-order chi connectivity index (χ1) is 28.7. The van der Waals surface area contributed by atoms with Crippen LogP contribution in [0.4, 0.5) is 0 Å². The molecule has 12 aromatic rings. The zero-order valence-corrected chi connectivity index (χ0v) is 31.8. The van der Waals surface area contributed by atoms with Gasteiger partial charge in [0.2, 0.25) is 0 Å². The molecule has 0 fully saturated rings. The highest BCUT2D eigenvalue weighted by atomic mass is 16.3. The minimum Gasteiger partial charge on any atom is -0.454 e. The maximum Gasteiger partial charge on any atom is 0.158 e. The number of nitrogens with zero attached hydrogens (tertiary/aromatic N) is 3. The van der Waals surface area contributed by atoms with E-state index in [1.807, 2.05) is 0 Å². The highest BCUT2D eigenvalue weighted by Crippen LogP contribution is 2.48. The lowest BCUT2D eigenvalue weighted by molar-refractivity contribution is 0.595. The summed E-state index contributed by atoms with van der Waals surface area (Å²) in [4.78, 5) is 5.79. The van der Waals surface area contributed by atoms with E-state index in [0.29, 0.717) is 0 Å². The number of para-hydroxylation sites is 3. The number of rotatable bonds is 4. The van der Waals surface area contributed by atoms with Crippen LogP contribution in [0.3, 0.4) is 0 Å². The van der Waals surface area contributed by atoms with Gasteiger partial charge in [0.15, 0.2) is 5.76 Å². The van der Waals surface area contributed by atoms with Crippen LogP contribution in [0.1, 0.15) is 36.1 Å². The predicted molar refractivity (Wildman–Crippen MR) is 243 cm³/mol. The smallest absolute Gasteiger partial charge is 0.158 e. The number of fused-ring (bicyclic) bond motifs is 14. The van der Waals surface area contributed by atoms with Crippen molar-refractivity contribution in [3.05, 3.63) is 193 Å². The van der Waals surface area contributed by atoms with E-state index in [-0.39, 0.29) is 5.92 Å². The Morgan fingerprint density at radius 2 is 1.16 bits per heavy atom. The average Bonchev–Trinajstić information content (AvgIpc) is 3.99. The van der Waals surface area contributed by atoms with Crippen LogP contribution in [-0.4, -0.2) is 14.7 Å². The molecule has 1 aliphatic rings. The first-order valence-corrected chi connectivity index (χ1v) is 20.2. The molecule has 1 unspecified atom stereocenters. The van der Waals surface area contributed by atoms with Gasteiger partial charge in [-0.2, -0.15) is 0 Å². The van der Waals surface area contributed by atoms with Crippen LogP contribution in [0, 0.1) is 0 Å². The van der Waals surface area contributed by atoms with Crippen LogP contribution in [-0.2, 0) is 0 Å². The molecular weight excluding hydrogens is 707 g/mol. The second-order valence-corrected chi connectivity index (χ2v) is 15.7.